The zero-order chi connectivity index (χ0) is 20.2. The lowest BCUT2D eigenvalue weighted by Gasteiger charge is -2.23. The van der Waals surface area contributed by atoms with E-state index in [4.69, 9.17) is 0 Å². The van der Waals surface area contributed by atoms with Crippen LogP contribution >= 0.6 is 0 Å². The summed E-state index contributed by atoms with van der Waals surface area (Å²) in [5.74, 6) is 0.787. The Balaban J connectivity index is 1.52. The number of nitrogens with zero attached hydrogens (tertiary/aromatic N) is 3. The van der Waals surface area contributed by atoms with Crippen LogP contribution in [-0.4, -0.2) is 26.8 Å². The molecule has 29 heavy (non-hydrogen) atoms. The highest BCUT2D eigenvalue weighted by Crippen LogP contribution is 2.24. The van der Waals surface area contributed by atoms with E-state index in [2.05, 4.69) is 10.4 Å². The van der Waals surface area contributed by atoms with E-state index in [-0.39, 0.29) is 24.0 Å². The third kappa shape index (κ3) is 4.60. The van der Waals surface area contributed by atoms with Gasteiger partial charge in [0, 0.05) is 13.0 Å². The fourth-order valence-electron chi connectivity index (χ4n) is 4.61. The highest BCUT2D eigenvalue weighted by atomic mass is 19.1. The molecule has 1 unspecified atom stereocenters. The predicted molar refractivity (Wildman–Crippen MR) is 108 cm³/mol. The van der Waals surface area contributed by atoms with Crippen LogP contribution in [0.4, 0.5) is 4.39 Å². The molecule has 1 aliphatic heterocycles. The summed E-state index contributed by atoms with van der Waals surface area (Å²) in [6, 6.07) is 5.67. The molecule has 1 N–H and O–H groups in total. The smallest absolute Gasteiger partial charge is 0.346 e. The number of amides is 1. The predicted octanol–water partition coefficient (Wildman–Crippen LogP) is 3.20. The second-order valence-electron chi connectivity index (χ2n) is 8.37. The fourth-order valence-corrected chi connectivity index (χ4v) is 4.61. The maximum atomic E-state index is 13.5. The highest BCUT2D eigenvalue weighted by Gasteiger charge is 2.29. The average molecular weight is 400 g/mol. The van der Waals surface area contributed by atoms with Crippen molar-refractivity contribution >= 4 is 5.91 Å². The van der Waals surface area contributed by atoms with Crippen molar-refractivity contribution < 1.29 is 9.18 Å². The largest absolute Gasteiger partial charge is 0.354 e. The van der Waals surface area contributed by atoms with Gasteiger partial charge in [-0.1, -0.05) is 37.8 Å². The average Bonchev–Trinajstić information content (AvgIpc) is 2.90. The number of carbonyl (C=O) groups is 1. The maximum absolute atomic E-state index is 13.5. The normalized spacial score (nSPS) is 20.1. The van der Waals surface area contributed by atoms with Crippen molar-refractivity contribution in [1.82, 2.24) is 19.7 Å². The molecule has 0 bridgehead atoms. The molecule has 1 atom stereocenters. The van der Waals surface area contributed by atoms with Crippen molar-refractivity contribution in [3.8, 4) is 0 Å². The van der Waals surface area contributed by atoms with Gasteiger partial charge in [0.25, 0.3) is 0 Å². The Morgan fingerprint density at radius 2 is 1.93 bits per heavy atom. The van der Waals surface area contributed by atoms with Crippen molar-refractivity contribution in [3.63, 3.8) is 0 Å². The molecule has 1 fully saturated rings. The quantitative estimate of drug-likeness (QED) is 0.838. The van der Waals surface area contributed by atoms with Gasteiger partial charge in [0.1, 0.15) is 17.7 Å². The van der Waals surface area contributed by atoms with Crippen LogP contribution in [0.25, 0.3) is 0 Å². The van der Waals surface area contributed by atoms with E-state index in [1.807, 2.05) is 0 Å². The first kappa shape index (κ1) is 19.9. The SMILES string of the molecule is O=C(NCC1CCCCC1)C1CCCCc2nn(Cc3cccc(F)c3)c(=O)n21. The molecule has 1 aromatic heterocycles. The van der Waals surface area contributed by atoms with E-state index in [1.54, 1.807) is 16.7 Å². The molecule has 0 saturated heterocycles. The minimum Gasteiger partial charge on any atom is -0.354 e. The molecule has 4 rings (SSSR count). The van der Waals surface area contributed by atoms with Gasteiger partial charge in [-0.25, -0.2) is 13.9 Å². The van der Waals surface area contributed by atoms with E-state index in [9.17, 15) is 14.0 Å². The van der Waals surface area contributed by atoms with Crippen LogP contribution in [0.2, 0.25) is 0 Å². The molecule has 6 nitrogen and oxygen atoms in total. The zero-order valence-corrected chi connectivity index (χ0v) is 16.8. The molecule has 1 saturated carbocycles. The molecule has 2 aliphatic rings. The standard InChI is InChI=1S/C22H29FN4O2/c23-18-10-6-9-17(13-18)15-26-22(29)27-19(11-4-5-12-20(27)25-26)21(28)24-14-16-7-2-1-3-8-16/h6,9-10,13,16,19H,1-5,7-8,11-12,14-15H2,(H,24,28). The first-order chi connectivity index (χ1) is 14.1. The second-order valence-corrected chi connectivity index (χ2v) is 8.37. The van der Waals surface area contributed by atoms with E-state index >= 15 is 0 Å². The van der Waals surface area contributed by atoms with Gasteiger partial charge in [-0.05, 0) is 49.3 Å². The Morgan fingerprint density at radius 3 is 2.72 bits per heavy atom. The summed E-state index contributed by atoms with van der Waals surface area (Å²) in [4.78, 5) is 26.0. The van der Waals surface area contributed by atoms with Crippen molar-refractivity contribution in [2.24, 2.45) is 5.92 Å². The fraction of sp³-hybridized carbons (Fsp3) is 0.591. The van der Waals surface area contributed by atoms with E-state index < -0.39 is 6.04 Å². The van der Waals surface area contributed by atoms with Crippen LogP contribution in [-0.2, 0) is 17.8 Å². The molecule has 7 heteroatoms. The topological polar surface area (TPSA) is 68.9 Å². The van der Waals surface area contributed by atoms with Gasteiger partial charge in [-0.2, -0.15) is 5.10 Å². The summed E-state index contributed by atoms with van der Waals surface area (Å²) in [7, 11) is 0. The van der Waals surface area contributed by atoms with Crippen molar-refractivity contribution in [2.75, 3.05) is 6.54 Å². The molecule has 2 aromatic rings. The van der Waals surface area contributed by atoms with Crippen LogP contribution in [0.15, 0.2) is 29.1 Å². The Morgan fingerprint density at radius 1 is 1.14 bits per heavy atom. The molecule has 0 spiro atoms. The first-order valence-corrected chi connectivity index (χ1v) is 10.8. The van der Waals surface area contributed by atoms with Crippen LogP contribution in [0, 0.1) is 11.7 Å². The van der Waals surface area contributed by atoms with Gasteiger partial charge in [-0.15, -0.1) is 0 Å². The highest BCUT2D eigenvalue weighted by molar-refractivity contribution is 5.80. The summed E-state index contributed by atoms with van der Waals surface area (Å²) < 4.78 is 16.4. The summed E-state index contributed by atoms with van der Waals surface area (Å²) in [5.41, 5.74) is 0.391. The monoisotopic (exact) mass is 400 g/mol. The Labute approximate surface area is 170 Å². The molecule has 1 aliphatic carbocycles. The number of nitrogens with one attached hydrogen (secondary N) is 1. The Bertz CT molecular complexity index is 914. The number of halogens is 1. The lowest BCUT2D eigenvalue weighted by molar-refractivity contribution is -0.124. The molecule has 1 aromatic carbocycles. The Hall–Kier alpha value is -2.44. The van der Waals surface area contributed by atoms with Gasteiger partial charge in [0.05, 0.1) is 6.54 Å². The van der Waals surface area contributed by atoms with Gasteiger partial charge in [0.2, 0.25) is 5.91 Å². The number of aromatic nitrogens is 3. The number of hydrogen-bond donors (Lipinski definition) is 1. The van der Waals surface area contributed by atoms with Crippen LogP contribution in [0.5, 0.6) is 0 Å². The summed E-state index contributed by atoms with van der Waals surface area (Å²) in [6.07, 6.45) is 9.23. The third-order valence-corrected chi connectivity index (χ3v) is 6.19. The van der Waals surface area contributed by atoms with Gasteiger partial charge in [-0.3, -0.25) is 9.36 Å². The van der Waals surface area contributed by atoms with E-state index in [0.29, 0.717) is 36.7 Å². The van der Waals surface area contributed by atoms with E-state index in [0.717, 1.165) is 12.8 Å². The van der Waals surface area contributed by atoms with Crippen LogP contribution < -0.4 is 11.0 Å². The number of hydrogen-bond acceptors (Lipinski definition) is 3. The summed E-state index contributed by atoms with van der Waals surface area (Å²) in [5, 5.41) is 7.58. The zero-order valence-electron chi connectivity index (χ0n) is 16.8. The molecule has 0 radical (unpaired) electrons. The van der Waals surface area contributed by atoms with Gasteiger partial charge in [0.15, 0.2) is 0 Å². The summed E-state index contributed by atoms with van der Waals surface area (Å²) in [6.45, 7) is 0.893. The lowest BCUT2D eigenvalue weighted by atomic mass is 9.89. The number of rotatable bonds is 5. The van der Waals surface area contributed by atoms with E-state index in [1.165, 1.54) is 48.9 Å². The number of fused-ring (bicyclic) bond motifs is 1. The number of benzene rings is 1. The molecular formula is C22H29FN4O2. The number of aryl methyl sites for hydroxylation is 1. The first-order valence-electron chi connectivity index (χ1n) is 10.8. The summed E-state index contributed by atoms with van der Waals surface area (Å²) >= 11 is 0. The molecular weight excluding hydrogens is 371 g/mol. The minimum absolute atomic E-state index is 0.0777. The third-order valence-electron chi connectivity index (χ3n) is 6.19. The second kappa shape index (κ2) is 8.93. The minimum atomic E-state index is -0.509. The van der Waals surface area contributed by atoms with Crippen LogP contribution in [0.3, 0.4) is 0 Å². The molecule has 2 heterocycles. The maximum Gasteiger partial charge on any atom is 0.346 e. The van der Waals surface area contributed by atoms with Crippen LogP contribution in [0.1, 0.15) is 68.8 Å². The van der Waals surface area contributed by atoms with Crippen molar-refractivity contribution in [3.05, 3.63) is 52.0 Å². The molecule has 1 amide bonds. The lowest BCUT2D eigenvalue weighted by Crippen LogP contribution is -2.40. The number of carbonyl (C=O) groups excluding carboxylic acids is 1. The van der Waals surface area contributed by atoms with Gasteiger partial charge >= 0.3 is 5.69 Å². The van der Waals surface area contributed by atoms with Crippen molar-refractivity contribution in [2.45, 2.75) is 70.4 Å². The molecule has 156 valence electrons. The van der Waals surface area contributed by atoms with Crippen molar-refractivity contribution in [1.29, 1.82) is 0 Å². The van der Waals surface area contributed by atoms with Gasteiger partial charge < -0.3 is 5.32 Å². The Kier molecular flexibility index (Phi) is 6.11.